The van der Waals surface area contributed by atoms with Gasteiger partial charge in [0.2, 0.25) is 0 Å². The Balaban J connectivity index is 2.26. The molecule has 0 amide bonds. The fourth-order valence-electron chi connectivity index (χ4n) is 2.22. The van der Waals surface area contributed by atoms with E-state index in [4.69, 9.17) is 9.15 Å². The molecule has 0 aliphatic rings. The van der Waals surface area contributed by atoms with Gasteiger partial charge in [-0.15, -0.1) is 0 Å². The molecule has 1 aromatic heterocycles. The lowest BCUT2D eigenvalue weighted by Gasteiger charge is -2.13. The summed E-state index contributed by atoms with van der Waals surface area (Å²) in [7, 11) is 1.37. The second kappa shape index (κ2) is 5.00. The fraction of sp³-hybridized carbons (Fsp3) is 0.0625. The van der Waals surface area contributed by atoms with Crippen LogP contribution in [0, 0.1) is 0 Å². The number of hydrogen-bond donors (Lipinski definition) is 2. The van der Waals surface area contributed by atoms with Gasteiger partial charge in [-0.1, -0.05) is 17.9 Å². The third kappa shape index (κ3) is 2.20. The number of phenols is 2. The van der Waals surface area contributed by atoms with Gasteiger partial charge in [0.05, 0.1) is 7.11 Å². The first-order valence-electron chi connectivity index (χ1n) is 6.35. The first kappa shape index (κ1) is 13.8. The van der Waals surface area contributed by atoms with Crippen molar-refractivity contribution in [1.29, 1.82) is 0 Å². The van der Waals surface area contributed by atoms with Crippen LogP contribution in [0.15, 0.2) is 45.6 Å². The summed E-state index contributed by atoms with van der Waals surface area (Å²) in [6.45, 7) is 0. The number of benzene rings is 2. The molecule has 0 radical (unpaired) electrons. The fourth-order valence-corrected chi connectivity index (χ4v) is 2.22. The predicted octanol–water partition coefficient (Wildman–Crippen LogP) is 1.95. The Morgan fingerprint density at radius 1 is 1.14 bits per heavy atom. The van der Waals surface area contributed by atoms with Crippen molar-refractivity contribution in [2.45, 2.75) is 0 Å². The second-order valence-electron chi connectivity index (χ2n) is 4.68. The monoisotopic (exact) mass is 299 g/mol. The summed E-state index contributed by atoms with van der Waals surface area (Å²) in [6.07, 6.45) is 0. The molecule has 2 N–H and O–H groups in total. The number of fused-ring (bicyclic) bond motifs is 1. The zero-order valence-corrected chi connectivity index (χ0v) is 11.5. The normalized spacial score (nSPS) is 10.8. The van der Waals surface area contributed by atoms with Gasteiger partial charge < -0.3 is 24.5 Å². The van der Waals surface area contributed by atoms with Crippen LogP contribution in [0.1, 0.15) is 0 Å². The van der Waals surface area contributed by atoms with Gasteiger partial charge in [0.1, 0.15) is 34.0 Å². The Hall–Kier alpha value is -3.15. The minimum atomic E-state index is -0.459. The average Bonchev–Trinajstić information content (AvgIpc) is 2.46. The molecule has 1 heterocycles. The zero-order valence-electron chi connectivity index (χ0n) is 11.5. The van der Waals surface area contributed by atoms with Crippen molar-refractivity contribution >= 4 is 11.0 Å². The second-order valence-corrected chi connectivity index (χ2v) is 4.68. The number of rotatable bonds is 2. The van der Waals surface area contributed by atoms with Crippen LogP contribution >= 0.6 is 0 Å². The first-order valence-corrected chi connectivity index (χ1v) is 6.35. The quantitative estimate of drug-likeness (QED) is 0.749. The molecule has 0 aliphatic carbocycles. The Bertz CT molecular complexity index is 926. The van der Waals surface area contributed by atoms with E-state index >= 15 is 0 Å². The minimum absolute atomic E-state index is 0.0195. The number of phenolic OH excluding ortho intramolecular Hbond substituents is 2. The topological polar surface area (TPSA) is 103 Å². The molecule has 6 nitrogen and oxygen atoms in total. The summed E-state index contributed by atoms with van der Waals surface area (Å²) in [5, 5.41) is 30.7. The van der Waals surface area contributed by atoms with Crippen molar-refractivity contribution < 1.29 is 24.5 Å². The molecule has 3 rings (SSSR count). The molecule has 0 atom stereocenters. The van der Waals surface area contributed by atoms with Crippen molar-refractivity contribution in [2.24, 2.45) is 0 Å². The van der Waals surface area contributed by atoms with Crippen molar-refractivity contribution in [3.63, 3.8) is 0 Å². The van der Waals surface area contributed by atoms with E-state index in [0.29, 0.717) is 5.56 Å². The summed E-state index contributed by atoms with van der Waals surface area (Å²) in [4.78, 5) is 12.1. The van der Waals surface area contributed by atoms with E-state index in [0.717, 1.165) is 6.07 Å². The summed E-state index contributed by atoms with van der Waals surface area (Å²) in [6, 6.07) is 7.76. The highest BCUT2D eigenvalue weighted by Gasteiger charge is 2.12. The highest BCUT2D eigenvalue weighted by Crippen LogP contribution is 2.33. The molecule has 0 saturated carbocycles. The largest absolute Gasteiger partial charge is 0.870 e. The molecule has 0 spiro atoms. The van der Waals surface area contributed by atoms with Crippen LogP contribution < -0.4 is 15.3 Å². The molecular formula is C16H11O6-. The van der Waals surface area contributed by atoms with Gasteiger partial charge in [-0.2, -0.15) is 0 Å². The van der Waals surface area contributed by atoms with Crippen LogP contribution in [-0.2, 0) is 0 Å². The van der Waals surface area contributed by atoms with Crippen LogP contribution in [0.5, 0.6) is 23.0 Å². The maximum atomic E-state index is 12.1. The van der Waals surface area contributed by atoms with E-state index in [1.165, 1.54) is 37.4 Å². The average molecular weight is 299 g/mol. The van der Waals surface area contributed by atoms with Crippen LogP contribution in [0.2, 0.25) is 0 Å². The van der Waals surface area contributed by atoms with E-state index < -0.39 is 5.43 Å². The Morgan fingerprint density at radius 3 is 2.64 bits per heavy atom. The lowest BCUT2D eigenvalue weighted by atomic mass is 10.1. The van der Waals surface area contributed by atoms with Crippen LogP contribution in [-0.4, -0.2) is 17.3 Å². The molecule has 112 valence electrons. The highest BCUT2D eigenvalue weighted by atomic mass is 16.5. The van der Waals surface area contributed by atoms with Crippen LogP contribution in [0.25, 0.3) is 22.3 Å². The Labute approximate surface area is 124 Å². The number of ether oxygens (including phenoxy) is 1. The molecule has 0 fully saturated rings. The SMILES string of the molecule is COc1cc(-c2cc(=O)c3c(O)cc(O)cc3o2)ccc1[O-]. The number of hydrogen-bond acceptors (Lipinski definition) is 6. The lowest BCUT2D eigenvalue weighted by molar-refractivity contribution is -0.270. The minimum Gasteiger partial charge on any atom is -0.870 e. The lowest BCUT2D eigenvalue weighted by Crippen LogP contribution is -2.01. The maximum Gasteiger partial charge on any atom is 0.197 e. The predicted molar refractivity (Wildman–Crippen MR) is 77.2 cm³/mol. The molecule has 0 saturated heterocycles. The van der Waals surface area contributed by atoms with Gasteiger partial charge in [-0.25, -0.2) is 0 Å². The molecule has 22 heavy (non-hydrogen) atoms. The molecule has 0 aliphatic heterocycles. The van der Waals surface area contributed by atoms with Crippen LogP contribution in [0.3, 0.4) is 0 Å². The smallest absolute Gasteiger partial charge is 0.197 e. The molecule has 0 unspecified atom stereocenters. The molecule has 2 aromatic carbocycles. The molecule has 0 bridgehead atoms. The Kier molecular flexibility index (Phi) is 3.14. The summed E-state index contributed by atoms with van der Waals surface area (Å²) < 4.78 is 10.5. The van der Waals surface area contributed by atoms with Crippen molar-refractivity contribution in [1.82, 2.24) is 0 Å². The van der Waals surface area contributed by atoms with Gasteiger partial charge in [0.25, 0.3) is 0 Å². The molecule has 6 heteroatoms. The number of aromatic hydroxyl groups is 2. The van der Waals surface area contributed by atoms with Crippen molar-refractivity contribution in [3.8, 4) is 34.3 Å². The van der Waals surface area contributed by atoms with E-state index in [-0.39, 0.29) is 39.7 Å². The van der Waals surface area contributed by atoms with Gasteiger partial charge in [-0.05, 0) is 6.07 Å². The summed E-state index contributed by atoms with van der Waals surface area (Å²) in [5.74, 6) is -0.551. The Morgan fingerprint density at radius 2 is 1.91 bits per heavy atom. The first-order chi connectivity index (χ1) is 10.5. The van der Waals surface area contributed by atoms with Gasteiger partial charge in [0.15, 0.2) is 5.43 Å². The van der Waals surface area contributed by atoms with E-state index in [1.807, 2.05) is 0 Å². The highest BCUT2D eigenvalue weighted by molar-refractivity contribution is 5.86. The maximum absolute atomic E-state index is 12.1. The molecular weight excluding hydrogens is 288 g/mol. The van der Waals surface area contributed by atoms with Crippen molar-refractivity contribution in [3.05, 3.63) is 46.6 Å². The third-order valence-corrected chi connectivity index (χ3v) is 3.24. The third-order valence-electron chi connectivity index (χ3n) is 3.24. The van der Waals surface area contributed by atoms with E-state index in [2.05, 4.69) is 0 Å². The van der Waals surface area contributed by atoms with Gasteiger partial charge in [0, 0.05) is 23.8 Å². The van der Waals surface area contributed by atoms with Crippen LogP contribution in [0.4, 0.5) is 0 Å². The number of methoxy groups -OCH3 is 1. The zero-order chi connectivity index (χ0) is 15.9. The summed E-state index contributed by atoms with van der Waals surface area (Å²) in [5.41, 5.74) is 0.0577. The standard InChI is InChI=1S/C16H12O6/c1-21-14-4-8(2-3-10(14)18)13-7-12(20)16-11(19)5-9(17)6-15(16)22-13/h2-7,17-19H,1H3/p-1. The van der Waals surface area contributed by atoms with Gasteiger partial charge in [-0.3, -0.25) is 4.79 Å². The van der Waals surface area contributed by atoms with Crippen molar-refractivity contribution in [2.75, 3.05) is 7.11 Å². The summed E-state index contributed by atoms with van der Waals surface area (Å²) >= 11 is 0. The van der Waals surface area contributed by atoms with Gasteiger partial charge >= 0.3 is 0 Å². The molecule has 3 aromatic rings. The van der Waals surface area contributed by atoms with E-state index in [1.54, 1.807) is 0 Å². The van der Waals surface area contributed by atoms with E-state index in [9.17, 15) is 20.1 Å².